The highest BCUT2D eigenvalue weighted by Gasteiger charge is 2.55. The average Bonchev–Trinajstić information content (AvgIpc) is 3.01. The number of nitrogens with two attached hydrogens (primary N) is 1. The first-order valence-corrected chi connectivity index (χ1v) is 4.91. The Morgan fingerprint density at radius 3 is 2.56 bits per heavy atom. The fourth-order valence-corrected chi connectivity index (χ4v) is 1.84. The Labute approximate surface area is 90.9 Å². The number of carboxylic acids is 1. The van der Waals surface area contributed by atoms with Crippen LogP contribution in [0.4, 0.5) is 8.78 Å². The SMILES string of the molecule is NC(c1cc(F)ccc1F)C1(C(=O)O)CC1. The fraction of sp³-hybridized carbons (Fsp3) is 0.364. The van der Waals surface area contributed by atoms with Crippen molar-refractivity contribution in [1.82, 2.24) is 0 Å². The van der Waals surface area contributed by atoms with Crippen LogP contribution in [0, 0.1) is 17.0 Å². The van der Waals surface area contributed by atoms with E-state index in [1.807, 2.05) is 0 Å². The number of carbonyl (C=O) groups is 1. The van der Waals surface area contributed by atoms with Crippen molar-refractivity contribution in [2.45, 2.75) is 18.9 Å². The van der Waals surface area contributed by atoms with Crippen LogP contribution in [0.2, 0.25) is 0 Å². The van der Waals surface area contributed by atoms with E-state index in [9.17, 15) is 13.6 Å². The molecule has 0 saturated heterocycles. The molecule has 0 amide bonds. The van der Waals surface area contributed by atoms with E-state index in [1.165, 1.54) is 0 Å². The van der Waals surface area contributed by atoms with Crippen LogP contribution >= 0.6 is 0 Å². The summed E-state index contributed by atoms with van der Waals surface area (Å²) in [5.74, 6) is -2.34. The van der Waals surface area contributed by atoms with E-state index >= 15 is 0 Å². The first-order valence-electron chi connectivity index (χ1n) is 4.91. The van der Waals surface area contributed by atoms with Gasteiger partial charge in [-0.15, -0.1) is 0 Å². The summed E-state index contributed by atoms with van der Waals surface area (Å²) in [5, 5.41) is 9.00. The summed E-state index contributed by atoms with van der Waals surface area (Å²) in [5.41, 5.74) is 4.53. The quantitative estimate of drug-likeness (QED) is 0.828. The number of benzene rings is 1. The second-order valence-electron chi connectivity index (χ2n) is 4.10. The molecule has 1 unspecified atom stereocenters. The molecule has 1 aliphatic rings. The summed E-state index contributed by atoms with van der Waals surface area (Å²) in [7, 11) is 0. The zero-order valence-electron chi connectivity index (χ0n) is 8.41. The van der Waals surface area contributed by atoms with Crippen molar-refractivity contribution >= 4 is 5.97 Å². The standard InChI is InChI=1S/C11H11F2NO2/c12-6-1-2-8(13)7(5-6)9(14)11(3-4-11)10(15)16/h1-2,5,9H,3-4,14H2,(H,15,16). The third-order valence-electron chi connectivity index (χ3n) is 3.10. The smallest absolute Gasteiger partial charge is 0.311 e. The highest BCUT2D eigenvalue weighted by molar-refractivity contribution is 5.79. The largest absolute Gasteiger partial charge is 0.481 e. The van der Waals surface area contributed by atoms with Gasteiger partial charge in [-0.2, -0.15) is 0 Å². The summed E-state index contributed by atoms with van der Waals surface area (Å²) in [4.78, 5) is 11.0. The molecular formula is C11H11F2NO2. The number of hydrogen-bond acceptors (Lipinski definition) is 2. The lowest BCUT2D eigenvalue weighted by Crippen LogP contribution is -2.30. The second kappa shape index (κ2) is 3.52. The van der Waals surface area contributed by atoms with Crippen molar-refractivity contribution in [3.63, 3.8) is 0 Å². The molecule has 0 aromatic heterocycles. The van der Waals surface area contributed by atoms with Crippen molar-refractivity contribution in [2.24, 2.45) is 11.1 Å². The number of carboxylic acid groups (broad SMARTS) is 1. The van der Waals surface area contributed by atoms with Crippen LogP contribution in [0.5, 0.6) is 0 Å². The molecule has 0 aliphatic heterocycles. The molecule has 1 atom stereocenters. The number of hydrogen-bond donors (Lipinski definition) is 2. The molecule has 1 fully saturated rings. The maximum atomic E-state index is 13.4. The van der Waals surface area contributed by atoms with Crippen molar-refractivity contribution in [3.05, 3.63) is 35.4 Å². The fourth-order valence-electron chi connectivity index (χ4n) is 1.84. The van der Waals surface area contributed by atoms with Gasteiger partial charge in [-0.05, 0) is 31.0 Å². The molecule has 86 valence electrons. The van der Waals surface area contributed by atoms with Crippen molar-refractivity contribution in [3.8, 4) is 0 Å². The van der Waals surface area contributed by atoms with Gasteiger partial charge in [-0.1, -0.05) is 0 Å². The van der Waals surface area contributed by atoms with Gasteiger partial charge in [-0.3, -0.25) is 4.79 Å². The van der Waals surface area contributed by atoms with E-state index in [4.69, 9.17) is 10.8 Å². The third kappa shape index (κ3) is 1.57. The minimum atomic E-state index is -1.12. The first-order chi connectivity index (χ1) is 7.47. The lowest BCUT2D eigenvalue weighted by molar-refractivity contribution is -0.144. The molecule has 2 rings (SSSR count). The Kier molecular flexibility index (Phi) is 2.42. The first kappa shape index (κ1) is 11.0. The predicted octanol–water partition coefficient (Wildman–Crippen LogP) is 1.83. The zero-order valence-corrected chi connectivity index (χ0v) is 8.41. The third-order valence-corrected chi connectivity index (χ3v) is 3.10. The minimum Gasteiger partial charge on any atom is -0.481 e. The molecule has 1 aliphatic carbocycles. The van der Waals surface area contributed by atoms with Gasteiger partial charge in [0.25, 0.3) is 0 Å². The van der Waals surface area contributed by atoms with Crippen LogP contribution in [-0.2, 0) is 4.79 Å². The van der Waals surface area contributed by atoms with Gasteiger partial charge in [0.05, 0.1) is 5.41 Å². The molecular weight excluding hydrogens is 216 g/mol. The molecule has 0 spiro atoms. The van der Waals surface area contributed by atoms with Crippen molar-refractivity contribution in [1.29, 1.82) is 0 Å². The Balaban J connectivity index is 2.38. The Bertz CT molecular complexity index is 444. The highest BCUT2D eigenvalue weighted by atomic mass is 19.1. The molecule has 16 heavy (non-hydrogen) atoms. The average molecular weight is 227 g/mol. The normalized spacial score (nSPS) is 19.2. The lowest BCUT2D eigenvalue weighted by atomic mass is 9.90. The van der Waals surface area contributed by atoms with Crippen LogP contribution < -0.4 is 5.73 Å². The maximum absolute atomic E-state index is 13.4. The van der Waals surface area contributed by atoms with Crippen molar-refractivity contribution < 1.29 is 18.7 Å². The highest BCUT2D eigenvalue weighted by Crippen LogP contribution is 2.54. The lowest BCUT2D eigenvalue weighted by Gasteiger charge is -2.19. The second-order valence-corrected chi connectivity index (χ2v) is 4.10. The molecule has 0 radical (unpaired) electrons. The van der Waals surface area contributed by atoms with E-state index in [0.29, 0.717) is 12.8 Å². The van der Waals surface area contributed by atoms with Gasteiger partial charge < -0.3 is 10.8 Å². The molecule has 3 N–H and O–H groups in total. The number of rotatable bonds is 3. The Hall–Kier alpha value is -1.49. The van der Waals surface area contributed by atoms with Crippen LogP contribution in [0.3, 0.4) is 0 Å². The van der Waals surface area contributed by atoms with E-state index < -0.39 is 29.1 Å². The minimum absolute atomic E-state index is 0.0695. The predicted molar refractivity (Wildman–Crippen MR) is 52.6 cm³/mol. The van der Waals surface area contributed by atoms with Gasteiger partial charge in [0, 0.05) is 11.6 Å². The van der Waals surface area contributed by atoms with Crippen LogP contribution in [0.25, 0.3) is 0 Å². The summed E-state index contributed by atoms with van der Waals surface area (Å²) < 4.78 is 26.3. The zero-order chi connectivity index (χ0) is 11.9. The van der Waals surface area contributed by atoms with Gasteiger partial charge >= 0.3 is 5.97 Å². The van der Waals surface area contributed by atoms with Crippen LogP contribution in [0.1, 0.15) is 24.4 Å². The van der Waals surface area contributed by atoms with Crippen LogP contribution in [0.15, 0.2) is 18.2 Å². The summed E-state index contributed by atoms with van der Waals surface area (Å²) in [6, 6.07) is 1.90. The van der Waals surface area contributed by atoms with Gasteiger partial charge in [0.15, 0.2) is 0 Å². The molecule has 1 aromatic rings. The van der Waals surface area contributed by atoms with E-state index in [0.717, 1.165) is 18.2 Å². The number of halogens is 2. The Morgan fingerprint density at radius 2 is 2.06 bits per heavy atom. The maximum Gasteiger partial charge on any atom is 0.311 e. The van der Waals surface area contributed by atoms with E-state index in [2.05, 4.69) is 0 Å². The van der Waals surface area contributed by atoms with Gasteiger partial charge in [0.1, 0.15) is 11.6 Å². The molecule has 5 heteroatoms. The Morgan fingerprint density at radius 1 is 1.44 bits per heavy atom. The molecule has 0 heterocycles. The molecule has 1 saturated carbocycles. The molecule has 3 nitrogen and oxygen atoms in total. The van der Waals surface area contributed by atoms with E-state index in [-0.39, 0.29) is 5.56 Å². The van der Waals surface area contributed by atoms with E-state index in [1.54, 1.807) is 0 Å². The van der Waals surface area contributed by atoms with Gasteiger partial charge in [0.2, 0.25) is 0 Å². The molecule has 0 bridgehead atoms. The van der Waals surface area contributed by atoms with Crippen LogP contribution in [-0.4, -0.2) is 11.1 Å². The topological polar surface area (TPSA) is 63.3 Å². The summed E-state index contributed by atoms with van der Waals surface area (Å²) in [6.07, 6.45) is 0.804. The summed E-state index contributed by atoms with van der Waals surface area (Å²) in [6.45, 7) is 0. The van der Waals surface area contributed by atoms with Gasteiger partial charge in [-0.25, -0.2) is 8.78 Å². The monoisotopic (exact) mass is 227 g/mol. The van der Waals surface area contributed by atoms with Crippen molar-refractivity contribution in [2.75, 3.05) is 0 Å². The molecule has 1 aromatic carbocycles. The number of aliphatic carboxylic acids is 1. The summed E-state index contributed by atoms with van der Waals surface area (Å²) >= 11 is 0.